The van der Waals surface area contributed by atoms with Crippen LogP contribution in [0.25, 0.3) is 16.9 Å². The summed E-state index contributed by atoms with van der Waals surface area (Å²) >= 11 is 5.74. The van der Waals surface area contributed by atoms with E-state index < -0.39 is 0 Å². The van der Waals surface area contributed by atoms with Crippen LogP contribution in [-0.2, 0) is 9.59 Å². The number of aryl methyl sites for hydroxylation is 2. The largest absolute Gasteiger partial charge is 0.332 e. The highest BCUT2D eigenvalue weighted by atomic mass is 35.5. The van der Waals surface area contributed by atoms with Gasteiger partial charge >= 0.3 is 0 Å². The molecule has 1 aromatic heterocycles. The Labute approximate surface area is 194 Å². The molecule has 1 N–H and O–H groups in total. The maximum absolute atomic E-state index is 12.9. The van der Waals surface area contributed by atoms with Crippen LogP contribution in [0.15, 0.2) is 54.6 Å². The molecule has 0 unspecified atom stereocenters. The van der Waals surface area contributed by atoms with Gasteiger partial charge in [-0.05, 0) is 31.9 Å². The second kappa shape index (κ2) is 11.0. The third-order valence-electron chi connectivity index (χ3n) is 5.21. The van der Waals surface area contributed by atoms with Crippen LogP contribution >= 0.6 is 11.6 Å². The summed E-state index contributed by atoms with van der Waals surface area (Å²) in [5.41, 5.74) is 4.78. The Morgan fingerprint density at radius 2 is 1.84 bits per heavy atom. The van der Waals surface area contributed by atoms with Gasteiger partial charge in [0.1, 0.15) is 11.7 Å². The van der Waals surface area contributed by atoms with Crippen LogP contribution in [0.3, 0.4) is 0 Å². The van der Waals surface area contributed by atoms with Crippen LogP contribution in [0.1, 0.15) is 30.9 Å². The Morgan fingerprint density at radius 3 is 2.50 bits per heavy atom. The molecule has 7 heteroatoms. The van der Waals surface area contributed by atoms with Crippen molar-refractivity contribution in [3.8, 4) is 16.9 Å². The number of carbonyl (C=O) groups is 2. The topological polar surface area (TPSA) is 67.2 Å². The lowest BCUT2D eigenvalue weighted by atomic mass is 10.1. The molecule has 32 heavy (non-hydrogen) atoms. The van der Waals surface area contributed by atoms with Crippen molar-refractivity contribution in [2.24, 2.45) is 0 Å². The van der Waals surface area contributed by atoms with Crippen LogP contribution in [0, 0.1) is 13.8 Å². The first kappa shape index (κ1) is 23.5. The third kappa shape index (κ3) is 5.77. The average Bonchev–Trinajstić information content (AvgIpc) is 3.20. The standard InChI is InChI=1S/C25H29ClN4O2/c1-4-5-13-29(25(32)16-26)17-24(31)27-23-15-21(20-9-7-6-8-10-20)28-30(23)22-12-11-18(2)14-19(22)3/h6-12,14-15H,4-5,13,16-17H2,1-3H3,(H,27,31). The Balaban J connectivity index is 1.92. The predicted octanol–water partition coefficient (Wildman–Crippen LogP) is 4.96. The van der Waals surface area contributed by atoms with Crippen molar-refractivity contribution in [3.63, 3.8) is 0 Å². The third-order valence-corrected chi connectivity index (χ3v) is 5.44. The molecular weight excluding hydrogens is 424 g/mol. The number of anilines is 1. The fourth-order valence-corrected chi connectivity index (χ4v) is 3.70. The van der Waals surface area contributed by atoms with Crippen LogP contribution in [0.4, 0.5) is 5.82 Å². The minimum absolute atomic E-state index is 0.0513. The van der Waals surface area contributed by atoms with Gasteiger partial charge < -0.3 is 10.2 Å². The van der Waals surface area contributed by atoms with E-state index in [2.05, 4.69) is 11.4 Å². The molecule has 3 rings (SSSR count). The smallest absolute Gasteiger partial charge is 0.245 e. The summed E-state index contributed by atoms with van der Waals surface area (Å²) in [6.07, 6.45) is 1.74. The molecule has 0 saturated carbocycles. The first-order valence-electron chi connectivity index (χ1n) is 10.8. The monoisotopic (exact) mass is 452 g/mol. The number of aromatic nitrogens is 2. The van der Waals surface area contributed by atoms with Crippen LogP contribution in [0.5, 0.6) is 0 Å². The molecule has 1 heterocycles. The molecule has 2 aromatic carbocycles. The molecule has 0 aliphatic rings. The summed E-state index contributed by atoms with van der Waals surface area (Å²) in [6, 6.07) is 17.8. The van der Waals surface area contributed by atoms with Crippen molar-refractivity contribution in [2.45, 2.75) is 33.6 Å². The minimum atomic E-state index is -0.287. The number of unbranched alkanes of at least 4 members (excludes halogenated alkanes) is 1. The number of hydrogen-bond donors (Lipinski definition) is 1. The van der Waals surface area contributed by atoms with Crippen molar-refractivity contribution >= 4 is 29.2 Å². The molecule has 0 saturated heterocycles. The van der Waals surface area contributed by atoms with E-state index in [1.807, 2.05) is 69.3 Å². The molecule has 0 bridgehead atoms. The normalized spacial score (nSPS) is 10.8. The fourth-order valence-electron chi connectivity index (χ4n) is 3.53. The van der Waals surface area contributed by atoms with Gasteiger partial charge in [0.25, 0.3) is 0 Å². The highest BCUT2D eigenvalue weighted by Crippen LogP contribution is 2.26. The van der Waals surface area contributed by atoms with Crippen LogP contribution in [0.2, 0.25) is 0 Å². The summed E-state index contributed by atoms with van der Waals surface area (Å²) in [6.45, 7) is 6.54. The Bertz CT molecular complexity index is 1080. The number of carbonyl (C=O) groups excluding carboxylic acids is 2. The molecule has 0 aliphatic carbocycles. The summed E-state index contributed by atoms with van der Waals surface area (Å²) in [5.74, 6) is -0.127. The zero-order valence-electron chi connectivity index (χ0n) is 18.8. The van der Waals surface area contributed by atoms with Crippen LogP contribution in [-0.4, -0.2) is 45.5 Å². The minimum Gasteiger partial charge on any atom is -0.332 e. The molecule has 0 radical (unpaired) electrons. The summed E-state index contributed by atoms with van der Waals surface area (Å²) in [7, 11) is 0. The maximum atomic E-state index is 12.9. The van der Waals surface area contributed by atoms with Crippen molar-refractivity contribution < 1.29 is 9.59 Å². The molecular formula is C25H29ClN4O2. The van der Waals surface area contributed by atoms with Gasteiger partial charge in [0.15, 0.2) is 0 Å². The molecule has 3 aromatic rings. The van der Waals surface area contributed by atoms with Gasteiger partial charge in [-0.3, -0.25) is 9.59 Å². The highest BCUT2D eigenvalue weighted by molar-refractivity contribution is 6.27. The maximum Gasteiger partial charge on any atom is 0.245 e. The number of hydrogen-bond acceptors (Lipinski definition) is 3. The fraction of sp³-hybridized carbons (Fsp3) is 0.320. The van der Waals surface area contributed by atoms with E-state index in [4.69, 9.17) is 16.7 Å². The van der Waals surface area contributed by atoms with Gasteiger partial charge in [-0.2, -0.15) is 5.10 Å². The van der Waals surface area contributed by atoms with Crippen molar-refractivity contribution in [3.05, 3.63) is 65.7 Å². The number of nitrogens with one attached hydrogen (secondary N) is 1. The molecule has 0 spiro atoms. The van der Waals surface area contributed by atoms with E-state index in [9.17, 15) is 9.59 Å². The van der Waals surface area contributed by atoms with E-state index in [-0.39, 0.29) is 24.2 Å². The summed E-state index contributed by atoms with van der Waals surface area (Å²) < 4.78 is 1.74. The van der Waals surface area contributed by atoms with Gasteiger partial charge in [-0.25, -0.2) is 4.68 Å². The molecule has 0 fully saturated rings. The number of benzene rings is 2. The molecule has 2 amide bonds. The van der Waals surface area contributed by atoms with Gasteiger partial charge in [-0.15, -0.1) is 11.6 Å². The number of nitrogens with zero attached hydrogens (tertiary/aromatic N) is 3. The second-order valence-electron chi connectivity index (χ2n) is 7.83. The van der Waals surface area contributed by atoms with E-state index in [1.54, 1.807) is 4.68 Å². The zero-order chi connectivity index (χ0) is 23.1. The quantitative estimate of drug-likeness (QED) is 0.466. The lowest BCUT2D eigenvalue weighted by Gasteiger charge is -2.21. The van der Waals surface area contributed by atoms with E-state index in [1.165, 1.54) is 4.90 Å². The number of alkyl halides is 1. The molecule has 6 nitrogen and oxygen atoms in total. The van der Waals surface area contributed by atoms with Gasteiger partial charge in [0.2, 0.25) is 11.8 Å². The van der Waals surface area contributed by atoms with E-state index in [0.29, 0.717) is 12.4 Å². The average molecular weight is 453 g/mol. The van der Waals surface area contributed by atoms with E-state index >= 15 is 0 Å². The van der Waals surface area contributed by atoms with Crippen LogP contribution < -0.4 is 5.32 Å². The lowest BCUT2D eigenvalue weighted by Crippen LogP contribution is -2.39. The van der Waals surface area contributed by atoms with Crippen molar-refractivity contribution in [1.29, 1.82) is 0 Å². The summed E-state index contributed by atoms with van der Waals surface area (Å²) in [5, 5.41) is 7.73. The number of rotatable bonds is 9. The molecule has 0 atom stereocenters. The Hall–Kier alpha value is -3.12. The van der Waals surface area contributed by atoms with Crippen molar-refractivity contribution in [2.75, 3.05) is 24.3 Å². The van der Waals surface area contributed by atoms with E-state index in [0.717, 1.165) is 40.9 Å². The molecule has 0 aliphatic heterocycles. The lowest BCUT2D eigenvalue weighted by molar-refractivity contribution is -0.132. The second-order valence-corrected chi connectivity index (χ2v) is 8.10. The first-order valence-corrected chi connectivity index (χ1v) is 11.3. The van der Waals surface area contributed by atoms with Crippen molar-refractivity contribution in [1.82, 2.24) is 14.7 Å². The predicted molar refractivity (Wildman–Crippen MR) is 129 cm³/mol. The molecule has 168 valence electrons. The van der Waals surface area contributed by atoms with Gasteiger partial charge in [-0.1, -0.05) is 61.4 Å². The zero-order valence-corrected chi connectivity index (χ0v) is 19.5. The number of amides is 2. The summed E-state index contributed by atoms with van der Waals surface area (Å²) in [4.78, 5) is 26.5. The highest BCUT2D eigenvalue weighted by Gasteiger charge is 2.19. The van der Waals surface area contributed by atoms with Gasteiger partial charge in [0.05, 0.1) is 17.9 Å². The first-order chi connectivity index (χ1) is 15.4. The Morgan fingerprint density at radius 1 is 1.09 bits per heavy atom. The van der Waals surface area contributed by atoms with Gasteiger partial charge in [0, 0.05) is 18.2 Å². The SMILES string of the molecule is CCCCN(CC(=O)Nc1cc(-c2ccccc2)nn1-c1ccc(C)cc1C)C(=O)CCl. The Kier molecular flexibility index (Phi) is 8.06. The number of halogens is 1.